The van der Waals surface area contributed by atoms with Gasteiger partial charge >= 0.3 is 0 Å². The van der Waals surface area contributed by atoms with Crippen molar-refractivity contribution >= 4 is 64.9 Å². The summed E-state index contributed by atoms with van der Waals surface area (Å²) < 4.78 is 37.1. The second kappa shape index (κ2) is 17.1. The van der Waals surface area contributed by atoms with Crippen LogP contribution in [0.25, 0.3) is 11.1 Å². The quantitative estimate of drug-likeness (QED) is 0.0857. The summed E-state index contributed by atoms with van der Waals surface area (Å²) in [6.07, 6.45) is 3.83. The van der Waals surface area contributed by atoms with Crippen LogP contribution in [0.2, 0.25) is 0 Å². The molecule has 57 heavy (non-hydrogen) atoms. The number of amides is 1. The van der Waals surface area contributed by atoms with Crippen molar-refractivity contribution in [3.05, 3.63) is 155 Å². The Morgan fingerprint density at radius 2 is 1.51 bits per heavy atom. The van der Waals surface area contributed by atoms with Crippen molar-refractivity contribution in [3.8, 4) is 16.9 Å². The molecule has 5 aromatic rings. The molecule has 1 saturated carbocycles. The van der Waals surface area contributed by atoms with E-state index < -0.39 is 42.4 Å². The molecular formula is C41H37Br2N5O8S. The minimum atomic E-state index is -4.54. The molecule has 0 bridgehead atoms. The maximum atomic E-state index is 14.1. The van der Waals surface area contributed by atoms with Crippen LogP contribution in [0.1, 0.15) is 47.9 Å². The van der Waals surface area contributed by atoms with Gasteiger partial charge in [0.15, 0.2) is 0 Å². The van der Waals surface area contributed by atoms with Gasteiger partial charge in [-0.3, -0.25) is 29.9 Å². The number of fused-ring (bicyclic) bond motifs is 1. The lowest BCUT2D eigenvalue weighted by molar-refractivity contribution is -0.384. The number of hydrogen-bond donors (Lipinski definition) is 2. The molecule has 294 valence electrons. The highest BCUT2D eigenvalue weighted by Crippen LogP contribution is 2.42. The molecule has 13 nitrogen and oxygen atoms in total. The van der Waals surface area contributed by atoms with Gasteiger partial charge in [-0.05, 0) is 103 Å². The smallest absolute Gasteiger partial charge is 0.293 e. The Kier molecular flexibility index (Phi) is 12.0. The number of carbonyl (C=O) groups is 1. The standard InChI is InChI=1S/C41H37Br2N5O8S/c42-35-20-30-21-38(41(49)45-57(54,55)33-18-19-36(37(22-33)48(52)53)44-31-8-4-5-9-31)46(23-26-12-16-32(17-13-26)47(50)51)24-34(30)39(43)40(35)56-25-27-10-14-29(15-11-27)28-6-2-1-3-7-28/h1-3,6-7,10-20,22,31,38,44H,4-5,8-9,21,23-25H2,(H,45,49)/t38-/m0/s1. The van der Waals surface area contributed by atoms with E-state index in [1.54, 1.807) is 17.0 Å². The summed E-state index contributed by atoms with van der Waals surface area (Å²) in [5.74, 6) is -0.279. The zero-order valence-corrected chi connectivity index (χ0v) is 34.4. The number of nitro groups is 2. The van der Waals surface area contributed by atoms with E-state index in [1.165, 1.54) is 24.3 Å². The van der Waals surface area contributed by atoms with Crippen molar-refractivity contribution < 1.29 is 27.8 Å². The van der Waals surface area contributed by atoms with Crippen LogP contribution in [-0.2, 0) is 40.9 Å². The predicted octanol–water partition coefficient (Wildman–Crippen LogP) is 9.06. The fourth-order valence-electron chi connectivity index (χ4n) is 7.29. The zero-order valence-electron chi connectivity index (χ0n) is 30.4. The Bertz CT molecular complexity index is 2430. The third-order valence-electron chi connectivity index (χ3n) is 10.3. The minimum Gasteiger partial charge on any atom is -0.487 e. The first kappa shape index (κ1) is 40.1. The number of hydrogen-bond acceptors (Lipinski definition) is 10. The summed E-state index contributed by atoms with van der Waals surface area (Å²) >= 11 is 7.38. The van der Waals surface area contributed by atoms with Crippen LogP contribution in [0.4, 0.5) is 17.1 Å². The topological polar surface area (TPSA) is 174 Å². The average Bonchev–Trinajstić information content (AvgIpc) is 3.71. The van der Waals surface area contributed by atoms with Gasteiger partial charge in [0.2, 0.25) is 0 Å². The summed E-state index contributed by atoms with van der Waals surface area (Å²) in [5, 5.41) is 26.5. The molecule has 1 atom stereocenters. The fraction of sp³-hybridized carbons (Fsp3) is 0.244. The third kappa shape index (κ3) is 9.20. The second-order valence-corrected chi connectivity index (χ2v) is 17.4. The molecule has 0 aromatic heterocycles. The maximum Gasteiger partial charge on any atom is 0.293 e. The molecule has 1 fully saturated rings. The Morgan fingerprint density at radius 3 is 2.18 bits per heavy atom. The molecule has 16 heteroatoms. The van der Waals surface area contributed by atoms with E-state index in [1.807, 2.05) is 60.7 Å². The first-order valence-corrected chi connectivity index (χ1v) is 21.3. The number of nitro benzene ring substituents is 2. The molecule has 0 spiro atoms. The molecule has 5 aromatic carbocycles. The van der Waals surface area contributed by atoms with Crippen LogP contribution in [0, 0.1) is 20.2 Å². The van der Waals surface area contributed by atoms with Gasteiger partial charge < -0.3 is 10.1 Å². The number of nitrogens with zero attached hydrogens (tertiary/aromatic N) is 3. The number of anilines is 1. The number of benzene rings is 5. The van der Waals surface area contributed by atoms with Crippen LogP contribution >= 0.6 is 31.9 Å². The highest BCUT2D eigenvalue weighted by atomic mass is 79.9. The van der Waals surface area contributed by atoms with Crippen molar-refractivity contribution in [2.24, 2.45) is 0 Å². The molecule has 7 rings (SSSR count). The van der Waals surface area contributed by atoms with Crippen molar-refractivity contribution in [3.63, 3.8) is 0 Å². The lowest BCUT2D eigenvalue weighted by Crippen LogP contribution is -2.51. The van der Waals surface area contributed by atoms with Gasteiger partial charge in [0.05, 0.1) is 29.7 Å². The van der Waals surface area contributed by atoms with E-state index in [-0.39, 0.29) is 43.5 Å². The summed E-state index contributed by atoms with van der Waals surface area (Å²) in [5.41, 5.74) is 5.12. The zero-order chi connectivity index (χ0) is 40.3. The SMILES string of the molecule is O=C(NS(=O)(=O)c1ccc(NC2CCCC2)c([N+](=O)[O-])c1)[C@@H]1Cc2cc(Br)c(OCc3ccc(-c4ccccc4)cc3)c(Br)c2CN1Cc1ccc([N+](=O)[O-])cc1. The predicted molar refractivity (Wildman–Crippen MR) is 222 cm³/mol. The number of halogens is 2. The van der Waals surface area contributed by atoms with Gasteiger partial charge in [0.1, 0.15) is 18.0 Å². The van der Waals surface area contributed by atoms with Gasteiger partial charge in [-0.15, -0.1) is 0 Å². The number of sulfonamides is 1. The van der Waals surface area contributed by atoms with Crippen molar-refractivity contribution in [1.29, 1.82) is 0 Å². The molecule has 0 saturated heterocycles. The summed E-state index contributed by atoms with van der Waals surface area (Å²) in [7, 11) is -4.54. The molecule has 2 aliphatic rings. The first-order valence-electron chi connectivity index (χ1n) is 18.2. The van der Waals surface area contributed by atoms with Crippen molar-refractivity contribution in [2.75, 3.05) is 5.32 Å². The van der Waals surface area contributed by atoms with Crippen molar-refractivity contribution in [1.82, 2.24) is 9.62 Å². The van der Waals surface area contributed by atoms with Crippen LogP contribution in [0.15, 0.2) is 117 Å². The summed E-state index contributed by atoms with van der Waals surface area (Å²) in [6.45, 7) is 0.610. The van der Waals surface area contributed by atoms with E-state index in [9.17, 15) is 33.4 Å². The van der Waals surface area contributed by atoms with Gasteiger partial charge in [0.25, 0.3) is 27.3 Å². The van der Waals surface area contributed by atoms with Crippen LogP contribution in [0.5, 0.6) is 5.75 Å². The lowest BCUT2D eigenvalue weighted by atomic mass is 9.92. The van der Waals surface area contributed by atoms with Crippen molar-refractivity contribution in [2.45, 2.75) is 68.8 Å². The Hall–Kier alpha value is -5.16. The van der Waals surface area contributed by atoms with Gasteiger partial charge in [-0.2, -0.15) is 0 Å². The van der Waals surface area contributed by atoms with Gasteiger partial charge in [0, 0.05) is 37.3 Å². The Morgan fingerprint density at radius 1 is 0.842 bits per heavy atom. The van der Waals surface area contributed by atoms with Crippen LogP contribution in [-0.4, -0.2) is 41.2 Å². The van der Waals surface area contributed by atoms with Gasteiger partial charge in [-0.25, -0.2) is 13.1 Å². The number of carbonyl (C=O) groups excluding carboxylic acids is 1. The number of nitrogens with one attached hydrogen (secondary N) is 2. The molecule has 1 aliphatic heterocycles. The molecule has 0 radical (unpaired) electrons. The Balaban J connectivity index is 1.14. The highest BCUT2D eigenvalue weighted by molar-refractivity contribution is 9.11. The normalized spacial score (nSPS) is 15.8. The molecule has 2 N–H and O–H groups in total. The number of rotatable bonds is 13. The van der Waals surface area contributed by atoms with E-state index in [0.29, 0.717) is 20.3 Å². The first-order chi connectivity index (χ1) is 27.4. The summed E-state index contributed by atoms with van der Waals surface area (Å²) in [6, 6.07) is 28.5. The van der Waals surface area contributed by atoms with Gasteiger partial charge in [-0.1, -0.05) is 79.6 Å². The molecule has 0 unspecified atom stereocenters. The Labute approximate surface area is 346 Å². The molecule has 1 amide bonds. The number of ether oxygens (including phenoxy) is 1. The van der Waals surface area contributed by atoms with Crippen LogP contribution in [0.3, 0.4) is 0 Å². The third-order valence-corrected chi connectivity index (χ3v) is 13.1. The molecule has 1 aliphatic carbocycles. The minimum absolute atomic E-state index is 0.0575. The second-order valence-electron chi connectivity index (χ2n) is 14.1. The van der Waals surface area contributed by atoms with E-state index >= 15 is 0 Å². The number of non-ortho nitro benzene ring substituents is 1. The maximum absolute atomic E-state index is 14.1. The monoisotopic (exact) mass is 917 g/mol. The van der Waals surface area contributed by atoms with Crippen LogP contribution < -0.4 is 14.8 Å². The van der Waals surface area contributed by atoms with E-state index in [2.05, 4.69) is 41.9 Å². The largest absolute Gasteiger partial charge is 0.487 e. The highest BCUT2D eigenvalue weighted by Gasteiger charge is 2.36. The average molecular weight is 920 g/mol. The molecular weight excluding hydrogens is 882 g/mol. The fourth-order valence-corrected chi connectivity index (χ4v) is 9.88. The van der Waals surface area contributed by atoms with E-state index in [4.69, 9.17) is 4.74 Å². The lowest BCUT2D eigenvalue weighted by Gasteiger charge is -2.37. The molecule has 1 heterocycles. The van der Waals surface area contributed by atoms with E-state index in [0.717, 1.165) is 59.6 Å². The summed E-state index contributed by atoms with van der Waals surface area (Å²) in [4.78, 5) is 37.6.